The topological polar surface area (TPSA) is 54.5 Å². The van der Waals surface area contributed by atoms with Gasteiger partial charge in [-0.1, -0.05) is 23.2 Å². The van der Waals surface area contributed by atoms with E-state index in [9.17, 15) is 4.79 Å². The number of rotatable bonds is 4. The molecule has 0 radical (unpaired) electrons. The first-order chi connectivity index (χ1) is 10.0. The molecule has 1 aliphatic heterocycles. The van der Waals surface area contributed by atoms with Crippen LogP contribution in [0.2, 0.25) is 10.2 Å². The zero-order chi connectivity index (χ0) is 15.4. The molecule has 1 fully saturated rings. The highest BCUT2D eigenvalue weighted by molar-refractivity contribution is 6.35. The van der Waals surface area contributed by atoms with Gasteiger partial charge in [-0.25, -0.2) is 4.98 Å². The van der Waals surface area contributed by atoms with E-state index in [4.69, 9.17) is 27.9 Å². The number of hydrogen-bond acceptors (Lipinski definition) is 5. The summed E-state index contributed by atoms with van der Waals surface area (Å²) in [6.07, 6.45) is 0. The Morgan fingerprint density at radius 2 is 2.33 bits per heavy atom. The van der Waals surface area contributed by atoms with Gasteiger partial charge in [0.1, 0.15) is 11.2 Å². The van der Waals surface area contributed by atoms with Gasteiger partial charge in [-0.3, -0.25) is 9.69 Å². The van der Waals surface area contributed by atoms with Gasteiger partial charge in [0.2, 0.25) is 0 Å². The molecule has 0 aliphatic carbocycles. The van der Waals surface area contributed by atoms with Crippen molar-refractivity contribution in [3.8, 4) is 0 Å². The number of piperazine rings is 1. The first kappa shape index (κ1) is 16.5. The molecule has 0 spiro atoms. The minimum atomic E-state index is -0.327. The van der Waals surface area contributed by atoms with Crippen molar-refractivity contribution in [1.29, 1.82) is 0 Å². The van der Waals surface area contributed by atoms with Crippen molar-refractivity contribution in [3.63, 3.8) is 0 Å². The summed E-state index contributed by atoms with van der Waals surface area (Å²) in [5, 5.41) is 4.17. The summed E-state index contributed by atoms with van der Waals surface area (Å²) in [5.41, 5.74) is 1.52. The molecule has 0 aromatic carbocycles. The van der Waals surface area contributed by atoms with Crippen LogP contribution < -0.4 is 5.32 Å². The van der Waals surface area contributed by atoms with Crippen LogP contribution in [-0.2, 0) is 16.1 Å². The average molecular weight is 332 g/mol. The highest BCUT2D eigenvalue weighted by Crippen LogP contribution is 2.26. The van der Waals surface area contributed by atoms with Crippen LogP contribution in [0.1, 0.15) is 18.2 Å². The Kier molecular flexibility index (Phi) is 5.81. The van der Waals surface area contributed by atoms with E-state index >= 15 is 0 Å². The number of ether oxygens (including phenoxy) is 1. The maximum absolute atomic E-state index is 12.0. The molecule has 0 bridgehead atoms. The lowest BCUT2D eigenvalue weighted by Crippen LogP contribution is -2.54. The molecule has 1 N–H and O–H groups in total. The van der Waals surface area contributed by atoms with Gasteiger partial charge >= 0.3 is 5.97 Å². The number of halogens is 2. The lowest BCUT2D eigenvalue weighted by Gasteiger charge is -2.34. The van der Waals surface area contributed by atoms with E-state index < -0.39 is 0 Å². The molecule has 1 unspecified atom stereocenters. The SMILES string of the molecule is CCOC(=O)C1CNCCN1Cc1c(Cl)cc(C)nc1Cl. The minimum Gasteiger partial charge on any atom is -0.465 e. The van der Waals surface area contributed by atoms with Crippen LogP contribution in [0.3, 0.4) is 0 Å². The molecule has 1 atom stereocenters. The number of nitrogens with zero attached hydrogens (tertiary/aromatic N) is 2. The smallest absolute Gasteiger partial charge is 0.324 e. The molecular weight excluding hydrogens is 313 g/mol. The largest absolute Gasteiger partial charge is 0.465 e. The fourth-order valence-electron chi connectivity index (χ4n) is 2.37. The summed E-state index contributed by atoms with van der Waals surface area (Å²) in [6.45, 7) is 6.60. The second-order valence-corrected chi connectivity index (χ2v) is 5.72. The zero-order valence-electron chi connectivity index (χ0n) is 12.2. The van der Waals surface area contributed by atoms with Crippen molar-refractivity contribution < 1.29 is 9.53 Å². The molecule has 116 valence electrons. The van der Waals surface area contributed by atoms with Gasteiger partial charge in [0.05, 0.1) is 6.61 Å². The van der Waals surface area contributed by atoms with E-state index in [1.807, 2.05) is 11.8 Å². The summed E-state index contributed by atoms with van der Waals surface area (Å²) in [4.78, 5) is 18.3. The number of aromatic nitrogens is 1. The normalized spacial score (nSPS) is 19.5. The van der Waals surface area contributed by atoms with Crippen molar-refractivity contribution in [3.05, 3.63) is 27.5 Å². The third-order valence-electron chi connectivity index (χ3n) is 3.42. The Morgan fingerprint density at radius 3 is 3.00 bits per heavy atom. The van der Waals surface area contributed by atoms with Crippen LogP contribution in [0.15, 0.2) is 6.07 Å². The maximum atomic E-state index is 12.0. The Labute approximate surface area is 134 Å². The van der Waals surface area contributed by atoms with Crippen LogP contribution >= 0.6 is 23.2 Å². The fourth-order valence-corrected chi connectivity index (χ4v) is 3.02. The van der Waals surface area contributed by atoms with E-state index in [0.717, 1.165) is 24.3 Å². The Hall–Kier alpha value is -0.880. The number of hydrogen-bond donors (Lipinski definition) is 1. The first-order valence-electron chi connectivity index (χ1n) is 6.95. The predicted molar refractivity (Wildman–Crippen MR) is 82.7 cm³/mol. The maximum Gasteiger partial charge on any atom is 0.324 e. The number of pyridine rings is 1. The Balaban J connectivity index is 2.18. The fraction of sp³-hybridized carbons (Fsp3) is 0.571. The number of nitrogens with one attached hydrogen (secondary N) is 1. The average Bonchev–Trinajstić information content (AvgIpc) is 2.43. The van der Waals surface area contributed by atoms with Gasteiger partial charge in [0.25, 0.3) is 0 Å². The van der Waals surface area contributed by atoms with Gasteiger partial charge in [-0.15, -0.1) is 0 Å². The molecule has 1 saturated heterocycles. The summed E-state index contributed by atoms with van der Waals surface area (Å²) >= 11 is 12.4. The summed E-state index contributed by atoms with van der Waals surface area (Å²) < 4.78 is 5.13. The van der Waals surface area contributed by atoms with Crippen LogP contribution in [0.25, 0.3) is 0 Å². The molecular formula is C14H19Cl2N3O2. The second-order valence-electron chi connectivity index (χ2n) is 4.96. The number of carbonyl (C=O) groups is 1. The quantitative estimate of drug-likeness (QED) is 0.675. The van der Waals surface area contributed by atoms with Gasteiger partial charge < -0.3 is 10.1 Å². The van der Waals surface area contributed by atoms with E-state index in [1.54, 1.807) is 13.0 Å². The monoisotopic (exact) mass is 331 g/mol. The zero-order valence-corrected chi connectivity index (χ0v) is 13.7. The van der Waals surface area contributed by atoms with Crippen molar-refractivity contribution in [2.75, 3.05) is 26.2 Å². The van der Waals surface area contributed by atoms with Gasteiger partial charge in [-0.05, 0) is 19.9 Å². The molecule has 5 nitrogen and oxygen atoms in total. The van der Waals surface area contributed by atoms with E-state index in [2.05, 4.69) is 10.3 Å². The van der Waals surface area contributed by atoms with Gasteiger partial charge in [0, 0.05) is 42.5 Å². The summed E-state index contributed by atoms with van der Waals surface area (Å²) in [6, 6.07) is 1.46. The van der Waals surface area contributed by atoms with Gasteiger partial charge in [-0.2, -0.15) is 0 Å². The molecule has 0 saturated carbocycles. The van der Waals surface area contributed by atoms with Crippen molar-refractivity contribution >= 4 is 29.2 Å². The van der Waals surface area contributed by atoms with Crippen LogP contribution in [-0.4, -0.2) is 48.1 Å². The first-order valence-corrected chi connectivity index (χ1v) is 7.71. The highest BCUT2D eigenvalue weighted by Gasteiger charge is 2.30. The molecule has 1 aliphatic rings. The molecule has 7 heteroatoms. The lowest BCUT2D eigenvalue weighted by atomic mass is 10.1. The van der Waals surface area contributed by atoms with Crippen LogP contribution in [0, 0.1) is 6.92 Å². The van der Waals surface area contributed by atoms with E-state index in [1.165, 1.54) is 0 Å². The van der Waals surface area contributed by atoms with E-state index in [0.29, 0.717) is 29.9 Å². The summed E-state index contributed by atoms with van der Waals surface area (Å²) in [5.74, 6) is -0.225. The molecule has 21 heavy (non-hydrogen) atoms. The lowest BCUT2D eigenvalue weighted by molar-refractivity contribution is -0.150. The number of carbonyl (C=O) groups excluding carboxylic acids is 1. The molecule has 2 rings (SSSR count). The van der Waals surface area contributed by atoms with E-state index in [-0.39, 0.29) is 12.0 Å². The minimum absolute atomic E-state index is 0.225. The number of esters is 1. The standard InChI is InChI=1S/C14H19Cl2N3O2/c1-3-21-14(20)12-7-17-4-5-19(12)8-10-11(15)6-9(2)18-13(10)16/h6,12,17H,3-5,7-8H2,1-2H3. The Morgan fingerprint density at radius 1 is 1.57 bits per heavy atom. The molecule has 2 heterocycles. The van der Waals surface area contributed by atoms with Gasteiger partial charge in [0.15, 0.2) is 0 Å². The third-order valence-corrected chi connectivity index (χ3v) is 4.07. The summed E-state index contributed by atoms with van der Waals surface area (Å²) in [7, 11) is 0. The molecule has 1 aromatic rings. The predicted octanol–water partition coefficient (Wildman–Crippen LogP) is 2.03. The Bertz CT molecular complexity index is 502. The second kappa shape index (κ2) is 7.40. The van der Waals surface area contributed by atoms with Crippen molar-refractivity contribution in [2.45, 2.75) is 26.4 Å². The third kappa shape index (κ3) is 4.07. The highest BCUT2D eigenvalue weighted by atomic mass is 35.5. The van der Waals surface area contributed by atoms with Crippen molar-refractivity contribution in [2.24, 2.45) is 0 Å². The van der Waals surface area contributed by atoms with Crippen molar-refractivity contribution in [1.82, 2.24) is 15.2 Å². The number of aryl methyl sites for hydroxylation is 1. The molecule has 0 amide bonds. The molecule has 1 aromatic heterocycles. The van der Waals surface area contributed by atoms with Crippen LogP contribution in [0.5, 0.6) is 0 Å². The van der Waals surface area contributed by atoms with Crippen LogP contribution in [0.4, 0.5) is 0 Å².